The lowest BCUT2D eigenvalue weighted by molar-refractivity contribution is -0.142. The number of anilines is 1. The normalized spacial score (nSPS) is 12.7. The third-order valence-electron chi connectivity index (χ3n) is 6.35. The van der Waals surface area contributed by atoms with Crippen molar-refractivity contribution in [2.45, 2.75) is 91.3 Å². The molecule has 0 fully saturated rings. The highest BCUT2D eigenvalue weighted by Gasteiger charge is 2.37. The molecule has 4 N–H and O–H groups in total. The van der Waals surface area contributed by atoms with Gasteiger partial charge in [-0.2, -0.15) is 0 Å². The smallest absolute Gasteiger partial charge is 0.408 e. The molecule has 0 aliphatic rings. The summed E-state index contributed by atoms with van der Waals surface area (Å²) in [7, 11) is 0. The number of primary amides is 1. The van der Waals surface area contributed by atoms with Crippen molar-refractivity contribution in [2.24, 2.45) is 5.73 Å². The van der Waals surface area contributed by atoms with Gasteiger partial charge in [0.25, 0.3) is 5.91 Å². The molecule has 0 saturated heterocycles. The van der Waals surface area contributed by atoms with E-state index in [9.17, 15) is 19.2 Å². The van der Waals surface area contributed by atoms with Crippen LogP contribution in [0.5, 0.6) is 0 Å². The van der Waals surface area contributed by atoms with Gasteiger partial charge in [-0.1, -0.05) is 69.2 Å². The van der Waals surface area contributed by atoms with Crippen LogP contribution in [0.1, 0.15) is 83.0 Å². The van der Waals surface area contributed by atoms with Crippen molar-refractivity contribution in [3.63, 3.8) is 0 Å². The number of rotatable bonds is 13. The van der Waals surface area contributed by atoms with E-state index < -0.39 is 47.9 Å². The zero-order valence-corrected chi connectivity index (χ0v) is 24.6. The molecule has 0 bridgehead atoms. The van der Waals surface area contributed by atoms with Gasteiger partial charge in [-0.05, 0) is 63.3 Å². The van der Waals surface area contributed by atoms with Crippen molar-refractivity contribution < 1.29 is 23.9 Å². The predicted octanol–water partition coefficient (Wildman–Crippen LogP) is 5.02. The Bertz CT molecular complexity index is 1160. The van der Waals surface area contributed by atoms with Crippen molar-refractivity contribution >= 4 is 29.5 Å². The third kappa shape index (κ3) is 10.0. The number of nitrogens with zero attached hydrogens (tertiary/aromatic N) is 1. The number of para-hydroxylation sites is 1. The molecule has 0 radical (unpaired) electrons. The van der Waals surface area contributed by atoms with Gasteiger partial charge in [0.05, 0.1) is 6.42 Å². The van der Waals surface area contributed by atoms with Crippen LogP contribution in [0.15, 0.2) is 48.5 Å². The van der Waals surface area contributed by atoms with E-state index in [2.05, 4.69) is 10.6 Å². The summed E-state index contributed by atoms with van der Waals surface area (Å²) in [6.07, 6.45) is 1.87. The number of amides is 4. The van der Waals surface area contributed by atoms with Crippen LogP contribution in [0.2, 0.25) is 0 Å². The van der Waals surface area contributed by atoms with Crippen LogP contribution in [-0.4, -0.2) is 46.9 Å². The highest BCUT2D eigenvalue weighted by molar-refractivity contribution is 6.00. The predicted molar refractivity (Wildman–Crippen MR) is 157 cm³/mol. The van der Waals surface area contributed by atoms with Crippen molar-refractivity contribution in [2.75, 3.05) is 11.9 Å². The van der Waals surface area contributed by atoms with E-state index >= 15 is 0 Å². The van der Waals surface area contributed by atoms with Gasteiger partial charge >= 0.3 is 6.09 Å². The Kier molecular flexibility index (Phi) is 12.2. The summed E-state index contributed by atoms with van der Waals surface area (Å²) in [6, 6.07) is 12.6. The molecule has 0 aromatic heterocycles. The third-order valence-corrected chi connectivity index (χ3v) is 6.35. The quantitative estimate of drug-likeness (QED) is 0.300. The van der Waals surface area contributed by atoms with Crippen molar-refractivity contribution in [3.8, 4) is 0 Å². The molecule has 2 aromatic carbocycles. The van der Waals surface area contributed by atoms with Gasteiger partial charge in [-0.15, -0.1) is 0 Å². The van der Waals surface area contributed by atoms with Gasteiger partial charge in [0.15, 0.2) is 0 Å². The molecule has 2 aromatic rings. The number of carbonyl (C=O) groups excluding carboxylic acids is 4. The minimum atomic E-state index is -1.31. The highest BCUT2D eigenvalue weighted by atomic mass is 16.6. The van der Waals surface area contributed by atoms with Crippen LogP contribution in [0.4, 0.5) is 10.5 Å². The van der Waals surface area contributed by atoms with Crippen LogP contribution in [0, 0.1) is 6.92 Å². The average molecular weight is 553 g/mol. The molecule has 2 atom stereocenters. The first-order valence-corrected chi connectivity index (χ1v) is 13.9. The maximum absolute atomic E-state index is 14.1. The summed E-state index contributed by atoms with van der Waals surface area (Å²) < 4.78 is 5.34. The van der Waals surface area contributed by atoms with Gasteiger partial charge in [0.1, 0.15) is 17.7 Å². The van der Waals surface area contributed by atoms with Crippen LogP contribution < -0.4 is 16.4 Å². The number of hydrogen-bond donors (Lipinski definition) is 3. The number of hydrogen-bond acceptors (Lipinski definition) is 5. The topological polar surface area (TPSA) is 131 Å². The van der Waals surface area contributed by atoms with Gasteiger partial charge in [-0.3, -0.25) is 14.4 Å². The number of carbonyl (C=O) groups is 4. The minimum Gasteiger partial charge on any atom is -0.444 e. The monoisotopic (exact) mass is 552 g/mol. The number of ether oxygens (including phenoxy) is 1. The molecule has 40 heavy (non-hydrogen) atoms. The molecular weight excluding hydrogens is 508 g/mol. The second-order valence-electron chi connectivity index (χ2n) is 10.9. The highest BCUT2D eigenvalue weighted by Crippen LogP contribution is 2.27. The van der Waals surface area contributed by atoms with Crippen LogP contribution in [-0.2, 0) is 25.5 Å². The molecule has 0 saturated carbocycles. The standard InChI is InChI=1S/C31H44N4O5/c1-7-9-12-19-35(29(38)25(20-26(32)36)34-30(39)40-31(4,5)6)27(23-17-15-22(8-2)16-18-23)28(37)33-24-14-11-10-13-21(24)3/h10-11,13-18,25,27H,7-9,12,19-20H2,1-6H3,(H2,32,36)(H,33,37)(H,34,39). The van der Waals surface area contributed by atoms with Crippen molar-refractivity contribution in [1.82, 2.24) is 10.2 Å². The number of alkyl carbamates (subject to hydrolysis) is 1. The van der Waals surface area contributed by atoms with E-state index in [0.29, 0.717) is 17.7 Å². The van der Waals surface area contributed by atoms with Gasteiger partial charge < -0.3 is 26.0 Å². The first-order chi connectivity index (χ1) is 18.9. The number of unbranched alkanes of at least 4 members (excludes halogenated alkanes) is 2. The van der Waals surface area contributed by atoms with Gasteiger partial charge in [0, 0.05) is 12.2 Å². The Morgan fingerprint density at radius 2 is 1.62 bits per heavy atom. The Hall–Kier alpha value is -3.88. The van der Waals surface area contributed by atoms with E-state index in [1.165, 1.54) is 4.90 Å². The van der Waals surface area contributed by atoms with E-state index in [-0.39, 0.29) is 6.54 Å². The Morgan fingerprint density at radius 3 is 2.17 bits per heavy atom. The first kappa shape index (κ1) is 32.3. The number of nitrogens with two attached hydrogens (primary N) is 1. The van der Waals surface area contributed by atoms with E-state index in [1.54, 1.807) is 26.8 Å². The summed E-state index contributed by atoms with van der Waals surface area (Å²) >= 11 is 0. The maximum Gasteiger partial charge on any atom is 0.408 e. The lowest BCUT2D eigenvalue weighted by Gasteiger charge is -2.34. The van der Waals surface area contributed by atoms with Crippen LogP contribution in [0.3, 0.4) is 0 Å². The second kappa shape index (κ2) is 15.1. The van der Waals surface area contributed by atoms with Crippen molar-refractivity contribution in [1.29, 1.82) is 0 Å². The Morgan fingerprint density at radius 1 is 0.975 bits per heavy atom. The number of benzene rings is 2. The minimum absolute atomic E-state index is 0.235. The molecular formula is C31H44N4O5. The molecule has 2 rings (SSSR count). The van der Waals surface area contributed by atoms with E-state index in [1.807, 2.05) is 63.2 Å². The van der Waals surface area contributed by atoms with Crippen LogP contribution >= 0.6 is 0 Å². The summed E-state index contributed by atoms with van der Waals surface area (Å²) in [4.78, 5) is 54.1. The second-order valence-corrected chi connectivity index (χ2v) is 10.9. The first-order valence-electron chi connectivity index (χ1n) is 13.9. The largest absolute Gasteiger partial charge is 0.444 e. The fourth-order valence-electron chi connectivity index (χ4n) is 4.27. The Labute approximate surface area is 237 Å². The molecule has 9 nitrogen and oxygen atoms in total. The summed E-state index contributed by atoms with van der Waals surface area (Å²) in [5, 5.41) is 5.49. The molecule has 9 heteroatoms. The average Bonchev–Trinajstić information content (AvgIpc) is 2.87. The lowest BCUT2D eigenvalue weighted by Crippen LogP contribution is -2.53. The molecule has 0 aliphatic carbocycles. The zero-order valence-electron chi connectivity index (χ0n) is 24.6. The number of aryl methyl sites for hydroxylation is 2. The Balaban J connectivity index is 2.56. The number of nitrogens with one attached hydrogen (secondary N) is 2. The lowest BCUT2D eigenvalue weighted by atomic mass is 9.99. The van der Waals surface area contributed by atoms with Gasteiger partial charge in [-0.25, -0.2) is 4.79 Å². The van der Waals surface area contributed by atoms with E-state index in [0.717, 1.165) is 30.4 Å². The van der Waals surface area contributed by atoms with Gasteiger partial charge in [0.2, 0.25) is 11.8 Å². The molecule has 0 heterocycles. The molecule has 0 spiro atoms. The summed E-state index contributed by atoms with van der Waals surface area (Å²) in [6.45, 7) is 11.3. The SMILES string of the molecule is CCCCCN(C(=O)C(CC(N)=O)NC(=O)OC(C)(C)C)C(C(=O)Nc1ccccc1C)c1ccc(CC)cc1. The zero-order chi connectivity index (χ0) is 29.9. The molecule has 0 aliphatic heterocycles. The molecule has 218 valence electrons. The molecule has 2 unspecified atom stereocenters. The fourth-order valence-corrected chi connectivity index (χ4v) is 4.27. The van der Waals surface area contributed by atoms with Crippen LogP contribution in [0.25, 0.3) is 0 Å². The summed E-state index contributed by atoms with van der Waals surface area (Å²) in [5.74, 6) is -1.76. The fraction of sp³-hybridized carbons (Fsp3) is 0.484. The van der Waals surface area contributed by atoms with E-state index in [4.69, 9.17) is 10.5 Å². The maximum atomic E-state index is 14.1. The van der Waals surface area contributed by atoms with Crippen molar-refractivity contribution in [3.05, 3.63) is 65.2 Å². The molecule has 4 amide bonds. The summed E-state index contributed by atoms with van der Waals surface area (Å²) in [5.41, 5.74) is 7.86.